The van der Waals surface area contributed by atoms with Gasteiger partial charge in [0, 0.05) is 10.2 Å². The van der Waals surface area contributed by atoms with Crippen LogP contribution in [0.25, 0.3) is 0 Å². The molecule has 20 heavy (non-hydrogen) atoms. The maximum Gasteiger partial charge on any atom is 0.362 e. The number of amides is 1. The van der Waals surface area contributed by atoms with Gasteiger partial charge in [-0.15, -0.1) is 0 Å². The molecule has 104 valence electrons. The normalized spacial score (nSPS) is 10.3. The third-order valence-electron chi connectivity index (χ3n) is 2.30. The average Bonchev–Trinajstić information content (AvgIpc) is 2.42. The van der Waals surface area contributed by atoms with Crippen LogP contribution in [0.5, 0.6) is 0 Å². The molecule has 0 fully saturated rings. The number of H-pyrrole nitrogens is 1. The van der Waals surface area contributed by atoms with E-state index in [9.17, 15) is 9.59 Å². The Bertz CT molecular complexity index is 672. The van der Waals surface area contributed by atoms with Crippen LogP contribution >= 0.6 is 27.7 Å². The molecule has 0 aliphatic heterocycles. The molecule has 0 saturated carbocycles. The van der Waals surface area contributed by atoms with Crippen LogP contribution in [0.1, 0.15) is 5.69 Å². The van der Waals surface area contributed by atoms with Gasteiger partial charge in [0.1, 0.15) is 5.03 Å². The third-order valence-corrected chi connectivity index (χ3v) is 3.90. The molecule has 8 heteroatoms. The van der Waals surface area contributed by atoms with E-state index in [0.717, 1.165) is 4.47 Å². The molecule has 0 unspecified atom stereocenters. The summed E-state index contributed by atoms with van der Waals surface area (Å²) < 4.78 is 0.944. The van der Waals surface area contributed by atoms with Gasteiger partial charge in [-0.2, -0.15) is 10.1 Å². The van der Waals surface area contributed by atoms with Crippen molar-refractivity contribution in [1.29, 1.82) is 0 Å². The number of aromatic nitrogens is 3. The Morgan fingerprint density at radius 2 is 2.10 bits per heavy atom. The van der Waals surface area contributed by atoms with Crippen LogP contribution in [0, 0.1) is 6.92 Å². The zero-order valence-corrected chi connectivity index (χ0v) is 12.9. The monoisotopic (exact) mass is 354 g/mol. The number of aromatic amines is 1. The second-order valence-corrected chi connectivity index (χ2v) is 5.75. The standard InChI is InChI=1S/C12H11BrN4O2S/c1-7-11(15-12(19)17-16-7)20-6-10(18)14-9-4-2-8(13)3-5-9/h2-5H,6H2,1H3,(H,14,18)(H,15,17,19). The summed E-state index contributed by atoms with van der Waals surface area (Å²) in [5, 5.41) is 9.25. The SMILES string of the molecule is Cc1n[nH]c(=O)nc1SCC(=O)Nc1ccc(Br)cc1. The van der Waals surface area contributed by atoms with Crippen molar-refractivity contribution in [1.82, 2.24) is 15.2 Å². The molecule has 0 bridgehead atoms. The first-order valence-corrected chi connectivity index (χ1v) is 7.44. The lowest BCUT2D eigenvalue weighted by atomic mass is 10.3. The van der Waals surface area contributed by atoms with E-state index in [1.165, 1.54) is 11.8 Å². The zero-order chi connectivity index (χ0) is 14.5. The van der Waals surface area contributed by atoms with E-state index in [1.54, 1.807) is 19.1 Å². The molecule has 2 rings (SSSR count). The van der Waals surface area contributed by atoms with Crippen molar-refractivity contribution in [3.63, 3.8) is 0 Å². The molecule has 1 aromatic carbocycles. The molecule has 0 aliphatic carbocycles. The van der Waals surface area contributed by atoms with Gasteiger partial charge in [-0.05, 0) is 31.2 Å². The molecule has 1 amide bonds. The zero-order valence-electron chi connectivity index (χ0n) is 10.5. The molecular formula is C12H11BrN4O2S. The molecule has 2 N–H and O–H groups in total. The van der Waals surface area contributed by atoms with E-state index in [1.807, 2.05) is 12.1 Å². The van der Waals surface area contributed by atoms with Crippen LogP contribution in [0.3, 0.4) is 0 Å². The van der Waals surface area contributed by atoms with Crippen LogP contribution in [0.4, 0.5) is 5.69 Å². The highest BCUT2D eigenvalue weighted by Crippen LogP contribution is 2.17. The molecule has 0 saturated heterocycles. The minimum absolute atomic E-state index is 0.162. The van der Waals surface area contributed by atoms with Gasteiger partial charge in [-0.1, -0.05) is 27.7 Å². The van der Waals surface area contributed by atoms with Crippen molar-refractivity contribution < 1.29 is 4.79 Å². The fourth-order valence-corrected chi connectivity index (χ4v) is 2.38. The number of aryl methyl sites for hydroxylation is 1. The van der Waals surface area contributed by atoms with Crippen molar-refractivity contribution in [3.05, 3.63) is 44.9 Å². The van der Waals surface area contributed by atoms with Gasteiger partial charge in [0.05, 0.1) is 11.4 Å². The number of nitrogens with one attached hydrogen (secondary N) is 2. The molecule has 2 aromatic rings. The number of anilines is 1. The fourth-order valence-electron chi connectivity index (χ4n) is 1.38. The number of carbonyl (C=O) groups is 1. The summed E-state index contributed by atoms with van der Waals surface area (Å²) in [5.74, 6) is -0.00603. The lowest BCUT2D eigenvalue weighted by molar-refractivity contribution is -0.113. The number of hydrogen-bond donors (Lipinski definition) is 2. The summed E-state index contributed by atoms with van der Waals surface area (Å²) in [7, 11) is 0. The lowest BCUT2D eigenvalue weighted by Gasteiger charge is -2.05. The number of hydrogen-bond acceptors (Lipinski definition) is 5. The summed E-state index contributed by atoms with van der Waals surface area (Å²) in [4.78, 5) is 26.6. The molecule has 0 atom stereocenters. The number of benzene rings is 1. The van der Waals surface area contributed by atoms with E-state index in [-0.39, 0.29) is 11.7 Å². The second kappa shape index (κ2) is 6.67. The first-order chi connectivity index (χ1) is 9.54. The Hall–Kier alpha value is -1.67. The number of carbonyl (C=O) groups excluding carboxylic acids is 1. The third kappa shape index (κ3) is 4.17. The van der Waals surface area contributed by atoms with Gasteiger partial charge in [-0.3, -0.25) is 4.79 Å². The van der Waals surface area contributed by atoms with Crippen molar-refractivity contribution in [2.24, 2.45) is 0 Å². The van der Waals surface area contributed by atoms with Gasteiger partial charge in [0.15, 0.2) is 0 Å². The molecule has 1 aromatic heterocycles. The van der Waals surface area contributed by atoms with E-state index in [4.69, 9.17) is 0 Å². The minimum Gasteiger partial charge on any atom is -0.325 e. The molecule has 0 radical (unpaired) electrons. The van der Waals surface area contributed by atoms with E-state index < -0.39 is 5.69 Å². The average molecular weight is 355 g/mol. The van der Waals surface area contributed by atoms with Gasteiger partial charge in [0.2, 0.25) is 5.91 Å². The Morgan fingerprint density at radius 1 is 1.40 bits per heavy atom. The number of nitrogens with zero attached hydrogens (tertiary/aromatic N) is 2. The predicted octanol–water partition coefficient (Wildman–Crippen LogP) is 1.97. The topological polar surface area (TPSA) is 87.7 Å². The van der Waals surface area contributed by atoms with Crippen LogP contribution < -0.4 is 11.0 Å². The smallest absolute Gasteiger partial charge is 0.325 e. The highest BCUT2D eigenvalue weighted by Gasteiger charge is 2.08. The summed E-state index contributed by atoms with van der Waals surface area (Å²) in [6, 6.07) is 7.28. The summed E-state index contributed by atoms with van der Waals surface area (Å²) >= 11 is 4.50. The Balaban J connectivity index is 1.93. The Kier molecular flexibility index (Phi) is 4.91. The molecule has 1 heterocycles. The van der Waals surface area contributed by atoms with Crippen LogP contribution in [0.15, 0.2) is 38.6 Å². The van der Waals surface area contributed by atoms with Crippen LogP contribution in [0.2, 0.25) is 0 Å². The maximum atomic E-state index is 11.8. The van der Waals surface area contributed by atoms with Gasteiger partial charge in [-0.25, -0.2) is 9.89 Å². The maximum absolute atomic E-state index is 11.8. The van der Waals surface area contributed by atoms with E-state index in [0.29, 0.717) is 16.4 Å². The Labute approximate surface area is 127 Å². The van der Waals surface area contributed by atoms with Crippen molar-refractivity contribution in [3.8, 4) is 0 Å². The van der Waals surface area contributed by atoms with Crippen molar-refractivity contribution in [2.45, 2.75) is 11.9 Å². The molecule has 0 aliphatic rings. The molecule has 0 spiro atoms. The van der Waals surface area contributed by atoms with Crippen molar-refractivity contribution >= 4 is 39.3 Å². The van der Waals surface area contributed by atoms with Gasteiger partial charge >= 0.3 is 5.69 Å². The lowest BCUT2D eigenvalue weighted by Crippen LogP contribution is -2.17. The number of thioether (sulfide) groups is 1. The summed E-state index contributed by atoms with van der Waals surface area (Å²) in [5.41, 5.74) is 0.782. The quantitative estimate of drug-likeness (QED) is 0.819. The van der Waals surface area contributed by atoms with Crippen LogP contribution in [-0.2, 0) is 4.79 Å². The molecular weight excluding hydrogens is 344 g/mol. The van der Waals surface area contributed by atoms with E-state index in [2.05, 4.69) is 36.4 Å². The van der Waals surface area contributed by atoms with Gasteiger partial charge in [0.25, 0.3) is 0 Å². The highest BCUT2D eigenvalue weighted by atomic mass is 79.9. The fraction of sp³-hybridized carbons (Fsp3) is 0.167. The van der Waals surface area contributed by atoms with Gasteiger partial charge < -0.3 is 5.32 Å². The number of rotatable bonds is 4. The first-order valence-electron chi connectivity index (χ1n) is 5.66. The highest BCUT2D eigenvalue weighted by molar-refractivity contribution is 9.10. The summed E-state index contributed by atoms with van der Waals surface area (Å²) in [6.45, 7) is 1.72. The van der Waals surface area contributed by atoms with Crippen LogP contribution in [-0.4, -0.2) is 26.8 Å². The Morgan fingerprint density at radius 3 is 2.80 bits per heavy atom. The number of halogens is 1. The second-order valence-electron chi connectivity index (χ2n) is 3.87. The molecule has 6 nitrogen and oxygen atoms in total. The van der Waals surface area contributed by atoms with Crippen molar-refractivity contribution in [2.75, 3.05) is 11.1 Å². The van der Waals surface area contributed by atoms with E-state index >= 15 is 0 Å². The first kappa shape index (κ1) is 14.7. The largest absolute Gasteiger partial charge is 0.362 e. The predicted molar refractivity (Wildman–Crippen MR) is 80.9 cm³/mol. The summed E-state index contributed by atoms with van der Waals surface area (Å²) in [6.07, 6.45) is 0. The minimum atomic E-state index is -0.522.